The molecule has 0 N–H and O–H groups in total. The van der Waals surface area contributed by atoms with Gasteiger partial charge in [0.25, 0.3) is 5.69 Å². The van der Waals surface area contributed by atoms with Gasteiger partial charge in [0, 0.05) is 23.5 Å². The van der Waals surface area contributed by atoms with Crippen molar-refractivity contribution in [3.05, 3.63) is 50.5 Å². The Morgan fingerprint density at radius 1 is 1.28 bits per heavy atom. The standard InChI is InChI=1S/C24H32N2O7S2Si/c1-14(33-36(6,7)23(2,3)4)19-21(28)25-20(22(29)34)17(12-18(27)32-5)35-24(19,25)13-15-8-10-16(11-9-15)26(30)31/h8-11,14,19H,12-13H2,1-7H3,(H,29,34)/t14-,19+,24-/m1/s1. The summed E-state index contributed by atoms with van der Waals surface area (Å²) in [6.45, 7) is 12.4. The third-order valence-electron chi connectivity index (χ3n) is 7.23. The second kappa shape index (κ2) is 9.96. The SMILES string of the molecule is COC(=O)CC1=C(C(=O)S)N2C(=O)[C@H]([C@@H](C)O[Si](C)(C)C(C)(C)C)[C@@]2(Cc2ccc([N+](=O)[O-])cc2)S1. The van der Waals surface area contributed by atoms with Crippen molar-refractivity contribution in [2.75, 3.05) is 7.11 Å². The molecule has 3 atom stereocenters. The molecule has 3 rings (SSSR count). The molecule has 1 saturated heterocycles. The van der Waals surface area contributed by atoms with Gasteiger partial charge in [-0.3, -0.25) is 29.4 Å². The van der Waals surface area contributed by atoms with Gasteiger partial charge in [-0.05, 0) is 30.6 Å². The minimum absolute atomic E-state index is 0.0428. The van der Waals surface area contributed by atoms with Crippen LogP contribution in [0.2, 0.25) is 18.1 Å². The molecular formula is C24H32N2O7S2Si. The van der Waals surface area contributed by atoms with E-state index in [1.54, 1.807) is 12.1 Å². The number of amides is 1. The summed E-state index contributed by atoms with van der Waals surface area (Å²) in [6.07, 6.45) is -0.334. The predicted molar refractivity (Wildman–Crippen MR) is 143 cm³/mol. The lowest BCUT2D eigenvalue weighted by Crippen LogP contribution is -2.71. The van der Waals surface area contributed by atoms with E-state index >= 15 is 0 Å². The third kappa shape index (κ3) is 5.00. The number of hydrogen-bond acceptors (Lipinski definition) is 8. The Labute approximate surface area is 221 Å². The first-order chi connectivity index (χ1) is 16.6. The highest BCUT2D eigenvalue weighted by Gasteiger charge is 2.68. The summed E-state index contributed by atoms with van der Waals surface area (Å²) in [6, 6.07) is 6.11. The van der Waals surface area contributed by atoms with E-state index in [0.717, 1.165) is 5.56 Å². The van der Waals surface area contributed by atoms with Gasteiger partial charge >= 0.3 is 5.97 Å². The van der Waals surface area contributed by atoms with E-state index in [1.165, 1.54) is 35.9 Å². The van der Waals surface area contributed by atoms with Crippen LogP contribution >= 0.6 is 24.4 Å². The zero-order chi connectivity index (χ0) is 27.2. The number of benzene rings is 1. The van der Waals surface area contributed by atoms with Crippen molar-refractivity contribution in [1.82, 2.24) is 4.90 Å². The lowest BCUT2D eigenvalue weighted by atomic mass is 9.78. The zero-order valence-electron chi connectivity index (χ0n) is 21.5. The Hall–Kier alpha value is -2.15. The molecule has 1 aromatic rings. The highest BCUT2D eigenvalue weighted by atomic mass is 32.2. The summed E-state index contributed by atoms with van der Waals surface area (Å²) < 4.78 is 11.4. The number of hydrogen-bond donors (Lipinski definition) is 1. The highest BCUT2D eigenvalue weighted by Crippen LogP contribution is 2.62. The smallest absolute Gasteiger partial charge is 0.310 e. The molecule has 0 aliphatic carbocycles. The molecule has 0 spiro atoms. The summed E-state index contributed by atoms with van der Waals surface area (Å²) in [7, 11) is -0.985. The van der Waals surface area contributed by atoms with Crippen molar-refractivity contribution in [3.8, 4) is 0 Å². The molecule has 2 heterocycles. The molecule has 196 valence electrons. The third-order valence-corrected chi connectivity index (χ3v) is 13.5. The number of methoxy groups -OCH3 is 1. The molecule has 0 saturated carbocycles. The molecule has 1 aromatic carbocycles. The van der Waals surface area contributed by atoms with Gasteiger partial charge in [0.05, 0.1) is 30.5 Å². The van der Waals surface area contributed by atoms with Gasteiger partial charge in [0.15, 0.2) is 8.32 Å². The molecule has 36 heavy (non-hydrogen) atoms. The molecule has 1 fully saturated rings. The summed E-state index contributed by atoms with van der Waals surface area (Å²) in [4.78, 5) is 49.8. The quantitative estimate of drug-likeness (QED) is 0.117. The largest absolute Gasteiger partial charge is 0.469 e. The summed E-state index contributed by atoms with van der Waals surface area (Å²) in [5.74, 6) is -1.41. The first kappa shape index (κ1) is 28.4. The number of thioether (sulfide) groups is 1. The van der Waals surface area contributed by atoms with E-state index in [9.17, 15) is 24.5 Å². The highest BCUT2D eigenvalue weighted by molar-refractivity contribution is 8.05. The molecule has 2 aliphatic rings. The average molecular weight is 553 g/mol. The Bertz CT molecular complexity index is 1130. The molecule has 0 radical (unpaired) electrons. The fourth-order valence-electron chi connectivity index (χ4n) is 4.45. The van der Waals surface area contributed by atoms with Crippen LogP contribution in [0.4, 0.5) is 5.69 Å². The second-order valence-electron chi connectivity index (χ2n) is 10.6. The molecule has 1 amide bonds. The van der Waals surface area contributed by atoms with Crippen molar-refractivity contribution >= 4 is 55.4 Å². The number of esters is 1. The van der Waals surface area contributed by atoms with Crippen LogP contribution in [-0.4, -0.2) is 53.2 Å². The van der Waals surface area contributed by atoms with Gasteiger partial charge < -0.3 is 9.16 Å². The molecule has 0 bridgehead atoms. The fourth-order valence-corrected chi connectivity index (χ4v) is 8.01. The van der Waals surface area contributed by atoms with E-state index < -0.39 is 41.2 Å². The van der Waals surface area contributed by atoms with Gasteiger partial charge in [-0.15, -0.1) is 0 Å². The van der Waals surface area contributed by atoms with Gasteiger partial charge in [0.1, 0.15) is 10.6 Å². The predicted octanol–water partition coefficient (Wildman–Crippen LogP) is 4.68. The lowest BCUT2D eigenvalue weighted by Gasteiger charge is -2.56. The fraction of sp³-hybridized carbons (Fsp3) is 0.542. The van der Waals surface area contributed by atoms with E-state index in [4.69, 9.17) is 9.16 Å². The molecule has 2 aliphatic heterocycles. The number of nitro benzene ring substituents is 1. The minimum atomic E-state index is -2.24. The summed E-state index contributed by atoms with van der Waals surface area (Å²) in [5, 5.41) is 10.4. The van der Waals surface area contributed by atoms with Crippen LogP contribution in [0.25, 0.3) is 0 Å². The van der Waals surface area contributed by atoms with E-state index in [2.05, 4.69) is 46.5 Å². The Kier molecular flexibility index (Phi) is 7.86. The van der Waals surface area contributed by atoms with E-state index in [1.807, 2.05) is 6.92 Å². The van der Waals surface area contributed by atoms with Gasteiger partial charge in [0.2, 0.25) is 11.0 Å². The first-order valence-electron chi connectivity index (χ1n) is 11.5. The molecule has 9 nitrogen and oxygen atoms in total. The minimum Gasteiger partial charge on any atom is -0.469 e. The number of nitrogens with zero attached hydrogens (tertiary/aromatic N) is 2. The Balaban J connectivity index is 2.05. The van der Waals surface area contributed by atoms with Crippen LogP contribution < -0.4 is 0 Å². The van der Waals surface area contributed by atoms with Crippen molar-refractivity contribution in [1.29, 1.82) is 0 Å². The summed E-state index contributed by atoms with van der Waals surface area (Å²) in [5.41, 5.74) is 0.788. The topological polar surface area (TPSA) is 116 Å². The maximum Gasteiger partial charge on any atom is 0.310 e. The van der Waals surface area contributed by atoms with Crippen molar-refractivity contribution < 1.29 is 28.5 Å². The van der Waals surface area contributed by atoms with Crippen molar-refractivity contribution in [2.45, 2.75) is 69.6 Å². The zero-order valence-corrected chi connectivity index (χ0v) is 24.2. The van der Waals surface area contributed by atoms with Crippen LogP contribution in [0, 0.1) is 16.0 Å². The number of carbonyl (C=O) groups excluding carboxylic acids is 3. The number of thiol groups is 1. The number of nitro groups is 1. The number of ether oxygens (including phenoxy) is 1. The Morgan fingerprint density at radius 2 is 1.86 bits per heavy atom. The van der Waals surface area contributed by atoms with Crippen LogP contribution in [0.3, 0.4) is 0 Å². The number of fused-ring (bicyclic) bond motifs is 1. The second-order valence-corrected chi connectivity index (χ2v) is 17.2. The van der Waals surface area contributed by atoms with Crippen LogP contribution in [0.15, 0.2) is 34.9 Å². The van der Waals surface area contributed by atoms with Crippen LogP contribution in [0.1, 0.15) is 39.7 Å². The van der Waals surface area contributed by atoms with Gasteiger partial charge in [-0.1, -0.05) is 57.3 Å². The van der Waals surface area contributed by atoms with Crippen molar-refractivity contribution in [3.63, 3.8) is 0 Å². The maximum absolute atomic E-state index is 13.6. The lowest BCUT2D eigenvalue weighted by molar-refractivity contribution is -0.384. The van der Waals surface area contributed by atoms with Gasteiger partial charge in [-0.2, -0.15) is 0 Å². The number of rotatable bonds is 9. The molecular weight excluding hydrogens is 520 g/mol. The number of non-ortho nitro benzene ring substituents is 1. The molecule has 12 heteroatoms. The molecule has 0 aromatic heterocycles. The summed E-state index contributed by atoms with van der Waals surface area (Å²) >= 11 is 5.29. The normalized spacial score (nSPS) is 22.7. The van der Waals surface area contributed by atoms with Crippen LogP contribution in [-0.2, 0) is 30.0 Å². The first-order valence-corrected chi connectivity index (χ1v) is 15.7. The van der Waals surface area contributed by atoms with Crippen molar-refractivity contribution in [2.24, 2.45) is 5.92 Å². The number of carbonyl (C=O) groups is 3. The average Bonchev–Trinajstić information content (AvgIpc) is 3.02. The Morgan fingerprint density at radius 3 is 2.33 bits per heavy atom. The monoisotopic (exact) mass is 552 g/mol. The van der Waals surface area contributed by atoms with E-state index in [0.29, 0.717) is 11.3 Å². The maximum atomic E-state index is 13.6. The van der Waals surface area contributed by atoms with Crippen LogP contribution in [0.5, 0.6) is 0 Å². The van der Waals surface area contributed by atoms with E-state index in [-0.39, 0.29) is 28.8 Å². The molecule has 0 unspecified atom stereocenters. The number of β-lactam (4-membered cyclic amide) rings is 1. The van der Waals surface area contributed by atoms with Gasteiger partial charge in [-0.25, -0.2) is 0 Å².